The minimum Gasteiger partial charge on any atom is -0.304 e. The number of hydrogen-bond donors (Lipinski definition) is 0. The molecule has 6 heteroatoms. The second kappa shape index (κ2) is 15.1. The molecular formula is C50H42BN5. The van der Waals surface area contributed by atoms with E-state index in [9.17, 15) is 0 Å². The predicted octanol–water partition coefficient (Wildman–Crippen LogP) is 9.29. The number of nitrogens with zero attached hydrogens (tertiary/aromatic N) is 5. The van der Waals surface area contributed by atoms with Crippen LogP contribution in [-0.2, 0) is 0 Å². The molecule has 2 heterocycles. The van der Waals surface area contributed by atoms with E-state index < -0.39 is 0 Å². The third-order valence-corrected chi connectivity index (χ3v) is 10.7. The zero-order chi connectivity index (χ0) is 38.0. The first-order chi connectivity index (χ1) is 27.5. The quantitative estimate of drug-likeness (QED) is 0.139. The summed E-state index contributed by atoms with van der Waals surface area (Å²) in [5.41, 5.74) is 16.0. The zero-order valence-electron chi connectivity index (χ0n) is 31.9. The number of hydrogen-bond acceptors (Lipinski definition) is 4. The van der Waals surface area contributed by atoms with E-state index in [0.29, 0.717) is 6.67 Å². The highest BCUT2D eigenvalue weighted by Crippen LogP contribution is 2.30. The van der Waals surface area contributed by atoms with E-state index in [1.165, 1.54) is 33.1 Å². The van der Waals surface area contributed by atoms with Crippen molar-refractivity contribution < 1.29 is 0 Å². The standard InChI is InChI=1S/C50H42BN5/c1-36-30-37(2)49(38(3)31-36)51(42-23-16-22-41(32-42)47-34-48(39-18-8-4-9-19-39)56(52-47)45-27-14-7-15-28-45)43-24-17-29-46(33-43)55-35-54(44-25-12-6-13-26-44)50(53-55)40-20-10-5-11-21-40/h4-34H,35H2,1-3H3. The molecule has 8 aromatic rings. The summed E-state index contributed by atoms with van der Waals surface area (Å²) in [5, 5.41) is 12.6. The van der Waals surface area contributed by atoms with Crippen molar-refractivity contribution in [1.29, 1.82) is 0 Å². The van der Waals surface area contributed by atoms with Gasteiger partial charge in [-0.3, -0.25) is 0 Å². The van der Waals surface area contributed by atoms with Gasteiger partial charge in [-0.25, -0.2) is 9.69 Å². The summed E-state index contributed by atoms with van der Waals surface area (Å²) in [7, 11) is 0. The molecule has 0 radical (unpaired) electrons. The molecule has 0 saturated carbocycles. The van der Waals surface area contributed by atoms with Crippen molar-refractivity contribution in [2.24, 2.45) is 5.10 Å². The molecule has 270 valence electrons. The molecule has 0 amide bonds. The molecule has 0 spiro atoms. The third-order valence-electron chi connectivity index (χ3n) is 10.7. The van der Waals surface area contributed by atoms with Gasteiger partial charge in [-0.1, -0.05) is 179 Å². The van der Waals surface area contributed by atoms with Gasteiger partial charge in [0.1, 0.15) is 6.67 Å². The fourth-order valence-electron chi connectivity index (χ4n) is 8.17. The average molecular weight is 724 g/mol. The van der Waals surface area contributed by atoms with Gasteiger partial charge in [-0.2, -0.15) is 10.2 Å². The molecule has 0 N–H and O–H groups in total. The second-order valence-corrected chi connectivity index (χ2v) is 14.6. The van der Waals surface area contributed by atoms with E-state index in [0.717, 1.165) is 51.0 Å². The molecule has 1 aliphatic heterocycles. The van der Waals surface area contributed by atoms with Gasteiger partial charge in [0.2, 0.25) is 6.71 Å². The zero-order valence-corrected chi connectivity index (χ0v) is 31.9. The van der Waals surface area contributed by atoms with Crippen LogP contribution in [0.15, 0.2) is 193 Å². The Bertz CT molecular complexity index is 2570. The summed E-state index contributed by atoms with van der Waals surface area (Å²) in [4.78, 5) is 2.29. The maximum atomic E-state index is 5.26. The number of anilines is 2. The largest absolute Gasteiger partial charge is 0.304 e. The third kappa shape index (κ3) is 6.82. The maximum Gasteiger partial charge on any atom is 0.242 e. The fourth-order valence-corrected chi connectivity index (χ4v) is 8.17. The molecule has 0 unspecified atom stereocenters. The van der Waals surface area contributed by atoms with Gasteiger partial charge in [0.25, 0.3) is 0 Å². The van der Waals surface area contributed by atoms with Gasteiger partial charge >= 0.3 is 0 Å². The lowest BCUT2D eigenvalue weighted by molar-refractivity contribution is 0.892. The SMILES string of the molecule is Cc1cc(C)c(B(c2cccc(-c3cc(-c4ccccc4)n(-c4ccccc4)n3)c2)c2cccc(N3CN(c4ccccc4)C(c4ccccc4)=N3)c2)c(C)c1. The molecule has 0 saturated heterocycles. The van der Waals surface area contributed by atoms with Gasteiger partial charge in [0.15, 0.2) is 5.84 Å². The van der Waals surface area contributed by atoms with Crippen molar-refractivity contribution >= 4 is 40.3 Å². The van der Waals surface area contributed by atoms with E-state index in [1.807, 2.05) is 12.1 Å². The summed E-state index contributed by atoms with van der Waals surface area (Å²) in [6.45, 7) is 7.26. The van der Waals surface area contributed by atoms with Crippen molar-refractivity contribution in [3.05, 3.63) is 210 Å². The van der Waals surface area contributed by atoms with Gasteiger partial charge in [-0.15, -0.1) is 0 Å². The number of amidine groups is 1. The number of benzene rings is 7. The maximum absolute atomic E-state index is 5.26. The van der Waals surface area contributed by atoms with Crippen LogP contribution in [0.5, 0.6) is 0 Å². The number of aromatic nitrogens is 2. The molecule has 5 nitrogen and oxygen atoms in total. The first-order valence-electron chi connectivity index (χ1n) is 19.2. The summed E-state index contributed by atoms with van der Waals surface area (Å²) >= 11 is 0. The van der Waals surface area contributed by atoms with Gasteiger partial charge in [-0.05, 0) is 63.2 Å². The Morgan fingerprint density at radius 1 is 0.482 bits per heavy atom. The highest BCUT2D eigenvalue weighted by Gasteiger charge is 2.30. The van der Waals surface area contributed by atoms with Crippen LogP contribution < -0.4 is 26.3 Å². The van der Waals surface area contributed by atoms with Crippen molar-refractivity contribution in [3.63, 3.8) is 0 Å². The van der Waals surface area contributed by atoms with E-state index in [2.05, 4.69) is 211 Å². The monoisotopic (exact) mass is 723 g/mol. The smallest absolute Gasteiger partial charge is 0.242 e. The number of hydrazone groups is 1. The van der Waals surface area contributed by atoms with Crippen LogP contribution in [-0.4, -0.2) is 29.0 Å². The van der Waals surface area contributed by atoms with Crippen LogP contribution in [0.3, 0.4) is 0 Å². The lowest BCUT2D eigenvalue weighted by Gasteiger charge is -2.24. The Kier molecular flexibility index (Phi) is 9.38. The van der Waals surface area contributed by atoms with Crippen molar-refractivity contribution in [1.82, 2.24) is 9.78 Å². The molecule has 0 fully saturated rings. The lowest BCUT2D eigenvalue weighted by Crippen LogP contribution is -2.54. The molecule has 56 heavy (non-hydrogen) atoms. The number of para-hydroxylation sites is 2. The Hall–Kier alpha value is -6.92. The Morgan fingerprint density at radius 2 is 1.02 bits per heavy atom. The molecule has 7 aromatic carbocycles. The van der Waals surface area contributed by atoms with E-state index in [-0.39, 0.29) is 6.71 Å². The summed E-state index contributed by atoms with van der Waals surface area (Å²) in [6.07, 6.45) is 0. The van der Waals surface area contributed by atoms with E-state index in [1.54, 1.807) is 0 Å². The minimum atomic E-state index is -0.0225. The molecule has 9 rings (SSSR count). The number of rotatable bonds is 9. The van der Waals surface area contributed by atoms with Gasteiger partial charge < -0.3 is 4.90 Å². The van der Waals surface area contributed by atoms with Crippen LogP contribution in [0.25, 0.3) is 28.2 Å². The summed E-state index contributed by atoms with van der Waals surface area (Å²) in [6, 6.07) is 66.6. The molecule has 0 bridgehead atoms. The number of aryl methyl sites for hydroxylation is 3. The van der Waals surface area contributed by atoms with Gasteiger partial charge in [0, 0.05) is 22.4 Å². The predicted molar refractivity (Wildman–Crippen MR) is 235 cm³/mol. The average Bonchev–Trinajstić information content (AvgIpc) is 3.90. The van der Waals surface area contributed by atoms with Crippen LogP contribution in [0, 0.1) is 20.8 Å². The van der Waals surface area contributed by atoms with Crippen molar-refractivity contribution in [3.8, 4) is 28.2 Å². The van der Waals surface area contributed by atoms with Crippen LogP contribution in [0.2, 0.25) is 0 Å². The highest BCUT2D eigenvalue weighted by molar-refractivity contribution is 6.96. The molecule has 1 aromatic heterocycles. The topological polar surface area (TPSA) is 36.7 Å². The highest BCUT2D eigenvalue weighted by atomic mass is 15.6. The normalized spacial score (nSPS) is 12.5. The lowest BCUT2D eigenvalue weighted by atomic mass is 9.35. The first kappa shape index (κ1) is 34.8. The fraction of sp³-hybridized carbons (Fsp3) is 0.0800. The Balaban J connectivity index is 1.15. The first-order valence-corrected chi connectivity index (χ1v) is 19.2. The molecule has 0 aliphatic carbocycles. The molecule has 1 aliphatic rings. The van der Waals surface area contributed by atoms with Crippen LogP contribution >= 0.6 is 0 Å². The summed E-state index contributed by atoms with van der Waals surface area (Å²) in [5.74, 6) is 0.932. The minimum absolute atomic E-state index is 0.0225. The van der Waals surface area contributed by atoms with E-state index in [4.69, 9.17) is 10.2 Å². The van der Waals surface area contributed by atoms with Crippen molar-refractivity contribution in [2.45, 2.75) is 20.8 Å². The van der Waals surface area contributed by atoms with Gasteiger partial charge in [0.05, 0.1) is 22.8 Å². The van der Waals surface area contributed by atoms with E-state index >= 15 is 0 Å². The Labute approximate surface area is 329 Å². The van der Waals surface area contributed by atoms with Crippen LogP contribution in [0.4, 0.5) is 11.4 Å². The molecular weight excluding hydrogens is 681 g/mol. The Morgan fingerprint density at radius 3 is 1.68 bits per heavy atom. The summed E-state index contributed by atoms with van der Waals surface area (Å²) < 4.78 is 2.06. The second-order valence-electron chi connectivity index (χ2n) is 14.6. The van der Waals surface area contributed by atoms with Crippen LogP contribution in [0.1, 0.15) is 22.3 Å². The van der Waals surface area contributed by atoms with Crippen molar-refractivity contribution in [2.75, 3.05) is 16.6 Å². The molecule has 0 atom stereocenters.